The first kappa shape index (κ1) is 11.2. The van der Waals surface area contributed by atoms with Crippen LogP contribution in [0.15, 0.2) is 42.5 Å². The molecule has 0 amide bonds. The van der Waals surface area contributed by atoms with E-state index in [-0.39, 0.29) is 6.61 Å². The molecule has 0 fully saturated rings. The molecule has 82 valence electrons. The van der Waals surface area contributed by atoms with E-state index in [9.17, 15) is 0 Å². The van der Waals surface area contributed by atoms with E-state index in [0.29, 0.717) is 0 Å². The van der Waals surface area contributed by atoms with E-state index in [1.165, 1.54) is 0 Å². The van der Waals surface area contributed by atoms with Crippen LogP contribution in [-0.4, -0.2) is 5.11 Å². The Morgan fingerprint density at radius 1 is 1.12 bits per heavy atom. The van der Waals surface area contributed by atoms with E-state index in [1.807, 2.05) is 49.4 Å². The molecule has 0 unspecified atom stereocenters. The summed E-state index contributed by atoms with van der Waals surface area (Å²) in [7, 11) is 0. The van der Waals surface area contributed by atoms with Crippen molar-refractivity contribution in [2.24, 2.45) is 0 Å². The highest BCUT2D eigenvalue weighted by atomic mass is 35.5. The molecule has 0 aliphatic heterocycles. The van der Waals surface area contributed by atoms with Crippen molar-refractivity contribution in [3.63, 3.8) is 0 Å². The maximum Gasteiger partial charge on any atom is 0.0684 e. The summed E-state index contributed by atoms with van der Waals surface area (Å²) in [4.78, 5) is 0. The molecule has 1 nitrogen and oxygen atoms in total. The van der Waals surface area contributed by atoms with Crippen LogP contribution >= 0.6 is 11.6 Å². The molecule has 16 heavy (non-hydrogen) atoms. The van der Waals surface area contributed by atoms with Gasteiger partial charge in [0.05, 0.1) is 6.61 Å². The molecule has 2 aromatic carbocycles. The van der Waals surface area contributed by atoms with E-state index >= 15 is 0 Å². The Morgan fingerprint density at radius 3 is 2.50 bits per heavy atom. The largest absolute Gasteiger partial charge is 0.392 e. The van der Waals surface area contributed by atoms with Gasteiger partial charge in [0, 0.05) is 10.6 Å². The first-order valence-corrected chi connectivity index (χ1v) is 5.55. The molecule has 0 heterocycles. The van der Waals surface area contributed by atoms with Crippen LogP contribution in [-0.2, 0) is 6.61 Å². The highest BCUT2D eigenvalue weighted by Gasteiger charge is 2.04. The fourth-order valence-electron chi connectivity index (χ4n) is 1.74. The van der Waals surface area contributed by atoms with Gasteiger partial charge in [-0.1, -0.05) is 48.0 Å². The van der Waals surface area contributed by atoms with Crippen LogP contribution in [0.3, 0.4) is 0 Å². The Balaban J connectivity index is 2.50. The molecule has 0 spiro atoms. The third-order valence-corrected chi connectivity index (χ3v) is 3.03. The topological polar surface area (TPSA) is 20.2 Å². The first-order valence-electron chi connectivity index (χ1n) is 5.17. The minimum atomic E-state index is 0.0780. The molecular weight excluding hydrogens is 220 g/mol. The smallest absolute Gasteiger partial charge is 0.0684 e. The molecule has 2 aromatic rings. The van der Waals surface area contributed by atoms with Crippen LogP contribution < -0.4 is 0 Å². The van der Waals surface area contributed by atoms with Crippen molar-refractivity contribution in [3.8, 4) is 11.1 Å². The molecule has 0 bridgehead atoms. The van der Waals surface area contributed by atoms with Gasteiger partial charge in [0.15, 0.2) is 0 Å². The lowest BCUT2D eigenvalue weighted by molar-refractivity contribution is 0.281. The number of aryl methyl sites for hydroxylation is 1. The molecule has 0 atom stereocenters. The van der Waals surface area contributed by atoms with E-state index < -0.39 is 0 Å². The summed E-state index contributed by atoms with van der Waals surface area (Å²) in [5.74, 6) is 0. The summed E-state index contributed by atoms with van der Waals surface area (Å²) < 4.78 is 0. The van der Waals surface area contributed by atoms with Crippen molar-refractivity contribution >= 4 is 11.6 Å². The van der Waals surface area contributed by atoms with Gasteiger partial charge in [-0.25, -0.2) is 0 Å². The van der Waals surface area contributed by atoms with Gasteiger partial charge in [0.2, 0.25) is 0 Å². The summed E-state index contributed by atoms with van der Waals surface area (Å²) in [5.41, 5.74) is 4.15. The minimum absolute atomic E-state index is 0.0780. The summed E-state index contributed by atoms with van der Waals surface area (Å²) in [6.45, 7) is 2.07. The molecule has 0 radical (unpaired) electrons. The molecule has 1 N–H and O–H groups in total. The Labute approximate surface area is 100 Å². The zero-order valence-electron chi connectivity index (χ0n) is 9.07. The molecule has 0 saturated carbocycles. The Bertz CT molecular complexity index is 506. The summed E-state index contributed by atoms with van der Waals surface area (Å²) in [5, 5.41) is 9.86. The molecule has 0 aromatic heterocycles. The fourth-order valence-corrected chi connectivity index (χ4v) is 1.98. The zero-order chi connectivity index (χ0) is 11.5. The predicted molar refractivity (Wildman–Crippen MR) is 67.5 cm³/mol. The summed E-state index contributed by atoms with van der Waals surface area (Å²) >= 11 is 6.14. The minimum Gasteiger partial charge on any atom is -0.392 e. The third-order valence-electron chi connectivity index (χ3n) is 2.70. The lowest BCUT2D eigenvalue weighted by Crippen LogP contribution is -1.89. The number of aliphatic hydroxyl groups is 1. The van der Waals surface area contributed by atoms with Gasteiger partial charge in [0.25, 0.3) is 0 Å². The second kappa shape index (κ2) is 4.69. The number of hydrogen-bond donors (Lipinski definition) is 1. The Hall–Kier alpha value is -1.31. The van der Waals surface area contributed by atoms with Gasteiger partial charge >= 0.3 is 0 Å². The number of aliphatic hydroxyl groups excluding tert-OH is 1. The molecule has 0 aliphatic rings. The normalized spacial score (nSPS) is 10.4. The average molecular weight is 233 g/mol. The van der Waals surface area contributed by atoms with Gasteiger partial charge in [0.1, 0.15) is 0 Å². The monoisotopic (exact) mass is 232 g/mol. The third kappa shape index (κ3) is 2.11. The lowest BCUT2D eigenvalue weighted by Gasteiger charge is -2.08. The maximum atomic E-state index is 9.11. The predicted octanol–water partition coefficient (Wildman–Crippen LogP) is 3.81. The van der Waals surface area contributed by atoms with Gasteiger partial charge in [-0.3, -0.25) is 0 Å². The van der Waals surface area contributed by atoms with Gasteiger partial charge in [-0.15, -0.1) is 0 Å². The maximum absolute atomic E-state index is 9.11. The van der Waals surface area contributed by atoms with E-state index in [1.54, 1.807) is 0 Å². The number of halogens is 1. The highest BCUT2D eigenvalue weighted by Crippen LogP contribution is 2.28. The molecule has 0 aliphatic carbocycles. The van der Waals surface area contributed by atoms with Crippen molar-refractivity contribution in [2.45, 2.75) is 13.5 Å². The molecule has 2 heteroatoms. The van der Waals surface area contributed by atoms with Crippen molar-refractivity contribution in [3.05, 3.63) is 58.6 Å². The Kier molecular flexibility index (Phi) is 3.28. The second-order valence-corrected chi connectivity index (χ2v) is 4.19. The van der Waals surface area contributed by atoms with Crippen molar-refractivity contribution in [1.82, 2.24) is 0 Å². The fraction of sp³-hybridized carbons (Fsp3) is 0.143. The quantitative estimate of drug-likeness (QED) is 0.835. The van der Waals surface area contributed by atoms with Crippen molar-refractivity contribution in [2.75, 3.05) is 0 Å². The standard InChI is InChI=1S/C14H13ClO/c1-10-8-11(6-7-12(10)9-16)13-4-2-3-5-14(13)15/h2-8,16H,9H2,1H3. The molecular formula is C14H13ClO. The number of benzene rings is 2. The SMILES string of the molecule is Cc1cc(-c2ccccc2Cl)ccc1CO. The van der Waals surface area contributed by atoms with Gasteiger partial charge in [-0.05, 0) is 29.7 Å². The van der Waals surface area contributed by atoms with Crippen LogP contribution in [0.4, 0.5) is 0 Å². The first-order chi connectivity index (χ1) is 7.72. The summed E-state index contributed by atoms with van der Waals surface area (Å²) in [6.07, 6.45) is 0. The van der Waals surface area contributed by atoms with Crippen LogP contribution in [0, 0.1) is 6.92 Å². The van der Waals surface area contributed by atoms with E-state index in [4.69, 9.17) is 16.7 Å². The van der Waals surface area contributed by atoms with Crippen LogP contribution in [0.1, 0.15) is 11.1 Å². The van der Waals surface area contributed by atoms with Crippen LogP contribution in [0.5, 0.6) is 0 Å². The van der Waals surface area contributed by atoms with Crippen LogP contribution in [0.25, 0.3) is 11.1 Å². The molecule has 0 saturated heterocycles. The number of hydrogen-bond acceptors (Lipinski definition) is 1. The van der Waals surface area contributed by atoms with Crippen molar-refractivity contribution < 1.29 is 5.11 Å². The number of rotatable bonds is 2. The lowest BCUT2D eigenvalue weighted by atomic mass is 10.0. The average Bonchev–Trinajstić information content (AvgIpc) is 2.29. The Morgan fingerprint density at radius 2 is 1.88 bits per heavy atom. The highest BCUT2D eigenvalue weighted by molar-refractivity contribution is 6.33. The molecule has 2 rings (SSSR count). The van der Waals surface area contributed by atoms with E-state index in [2.05, 4.69) is 0 Å². The zero-order valence-corrected chi connectivity index (χ0v) is 9.83. The summed E-state index contributed by atoms with van der Waals surface area (Å²) in [6, 6.07) is 13.7. The van der Waals surface area contributed by atoms with E-state index in [0.717, 1.165) is 27.3 Å². The van der Waals surface area contributed by atoms with Gasteiger partial charge in [-0.2, -0.15) is 0 Å². The second-order valence-electron chi connectivity index (χ2n) is 3.78. The van der Waals surface area contributed by atoms with Crippen LogP contribution in [0.2, 0.25) is 5.02 Å². The van der Waals surface area contributed by atoms with Crippen molar-refractivity contribution in [1.29, 1.82) is 0 Å². The van der Waals surface area contributed by atoms with Gasteiger partial charge < -0.3 is 5.11 Å².